The smallest absolute Gasteiger partial charge is 0.232 e. The van der Waals surface area contributed by atoms with E-state index in [9.17, 15) is 4.79 Å². The molecule has 1 aliphatic heterocycles. The van der Waals surface area contributed by atoms with Crippen LogP contribution in [0.1, 0.15) is 24.1 Å². The quantitative estimate of drug-likeness (QED) is 0.878. The van der Waals surface area contributed by atoms with Crippen LogP contribution in [0, 0.1) is 5.92 Å². The molecule has 3 nitrogen and oxygen atoms in total. The van der Waals surface area contributed by atoms with Crippen LogP contribution in [-0.4, -0.2) is 41.4 Å². The number of carbonyl (C=O) groups is 1. The molecule has 0 spiro atoms. The maximum Gasteiger partial charge on any atom is 0.232 e. The highest BCUT2D eigenvalue weighted by molar-refractivity contribution is 7.99. The molecule has 0 aliphatic carbocycles. The number of hydrogen-bond donors (Lipinski definition) is 1. The second-order valence-electron chi connectivity index (χ2n) is 4.93. The Morgan fingerprint density at radius 1 is 1.58 bits per heavy atom. The van der Waals surface area contributed by atoms with Gasteiger partial charge in [-0.15, -0.1) is 23.1 Å². The number of carbonyl (C=O) groups excluding carboxylic acids is 1. The molecule has 1 atom stereocenters. The van der Waals surface area contributed by atoms with Crippen LogP contribution in [-0.2, 0) is 10.5 Å². The third-order valence-electron chi connectivity index (χ3n) is 3.46. The first kappa shape index (κ1) is 14.9. The summed E-state index contributed by atoms with van der Waals surface area (Å²) >= 11 is 3.44. The van der Waals surface area contributed by atoms with E-state index in [2.05, 4.69) is 11.4 Å². The fraction of sp³-hybridized carbons (Fsp3) is 0.643. The summed E-state index contributed by atoms with van der Waals surface area (Å²) < 4.78 is 0. The highest BCUT2D eigenvalue weighted by Gasteiger charge is 2.22. The predicted octanol–water partition coefficient (Wildman–Crippen LogP) is 2.60. The Kier molecular flexibility index (Phi) is 6.20. The van der Waals surface area contributed by atoms with Crippen molar-refractivity contribution in [3.8, 4) is 0 Å². The van der Waals surface area contributed by atoms with Crippen LogP contribution in [0.15, 0.2) is 17.5 Å². The Morgan fingerprint density at radius 2 is 2.47 bits per heavy atom. The van der Waals surface area contributed by atoms with Crippen LogP contribution in [0.4, 0.5) is 0 Å². The molecule has 0 radical (unpaired) electrons. The maximum atomic E-state index is 12.1. The molecule has 1 saturated heterocycles. The van der Waals surface area contributed by atoms with Gasteiger partial charge in [-0.25, -0.2) is 0 Å². The predicted molar refractivity (Wildman–Crippen MR) is 81.5 cm³/mol. The number of thioether (sulfide) groups is 1. The van der Waals surface area contributed by atoms with E-state index in [1.807, 2.05) is 11.0 Å². The molecule has 1 unspecified atom stereocenters. The fourth-order valence-electron chi connectivity index (χ4n) is 2.43. The van der Waals surface area contributed by atoms with E-state index in [1.165, 1.54) is 4.88 Å². The molecule has 0 aromatic carbocycles. The summed E-state index contributed by atoms with van der Waals surface area (Å²) in [7, 11) is 0. The van der Waals surface area contributed by atoms with Gasteiger partial charge in [-0.05, 0) is 36.6 Å². The van der Waals surface area contributed by atoms with Crippen LogP contribution in [0.25, 0.3) is 0 Å². The van der Waals surface area contributed by atoms with Crippen LogP contribution >= 0.6 is 23.1 Å². The third-order valence-corrected chi connectivity index (χ3v) is 5.48. The van der Waals surface area contributed by atoms with Gasteiger partial charge in [0.2, 0.25) is 5.91 Å². The third kappa shape index (κ3) is 4.82. The average molecular weight is 299 g/mol. The van der Waals surface area contributed by atoms with Crippen LogP contribution in [0.2, 0.25) is 0 Å². The zero-order valence-electron chi connectivity index (χ0n) is 11.1. The highest BCUT2D eigenvalue weighted by atomic mass is 32.2. The van der Waals surface area contributed by atoms with Crippen LogP contribution in [0.5, 0.6) is 0 Å². The van der Waals surface area contributed by atoms with Gasteiger partial charge in [-0.1, -0.05) is 6.07 Å². The van der Waals surface area contributed by atoms with E-state index >= 15 is 0 Å². The van der Waals surface area contributed by atoms with E-state index in [0.717, 1.165) is 38.1 Å². The first-order valence-corrected chi connectivity index (χ1v) is 8.82. The van der Waals surface area contributed by atoms with Crippen molar-refractivity contribution in [1.29, 1.82) is 0 Å². The van der Waals surface area contributed by atoms with E-state index < -0.39 is 0 Å². The molecule has 1 N–H and O–H groups in total. The molecule has 2 rings (SSSR count). The number of piperidine rings is 1. The SMILES string of the molecule is O=C(CSCc1cccs1)N1CCCC(CCO)C1. The second kappa shape index (κ2) is 7.92. The highest BCUT2D eigenvalue weighted by Crippen LogP contribution is 2.21. The summed E-state index contributed by atoms with van der Waals surface area (Å²) in [5.41, 5.74) is 0. The van der Waals surface area contributed by atoms with Gasteiger partial charge in [0.25, 0.3) is 0 Å². The number of nitrogens with zero attached hydrogens (tertiary/aromatic N) is 1. The molecule has 1 amide bonds. The Labute approximate surface area is 123 Å². The average Bonchev–Trinajstić information content (AvgIpc) is 2.92. The summed E-state index contributed by atoms with van der Waals surface area (Å²) in [6, 6.07) is 4.16. The maximum absolute atomic E-state index is 12.1. The lowest BCUT2D eigenvalue weighted by atomic mass is 9.95. The Morgan fingerprint density at radius 3 is 3.21 bits per heavy atom. The summed E-state index contributed by atoms with van der Waals surface area (Å²) in [6.07, 6.45) is 3.05. The Balaban J connectivity index is 1.70. The van der Waals surface area contributed by atoms with Crippen LogP contribution < -0.4 is 0 Å². The molecule has 19 heavy (non-hydrogen) atoms. The van der Waals surface area contributed by atoms with Crippen molar-refractivity contribution in [3.05, 3.63) is 22.4 Å². The van der Waals surface area contributed by atoms with E-state index in [1.54, 1.807) is 23.1 Å². The molecule has 2 heterocycles. The summed E-state index contributed by atoms with van der Waals surface area (Å²) in [5, 5.41) is 11.1. The van der Waals surface area contributed by atoms with E-state index in [4.69, 9.17) is 5.11 Å². The Hall–Kier alpha value is -0.520. The lowest BCUT2D eigenvalue weighted by molar-refractivity contribution is -0.130. The van der Waals surface area contributed by atoms with Gasteiger partial charge >= 0.3 is 0 Å². The fourth-order valence-corrected chi connectivity index (χ4v) is 4.20. The molecule has 1 aromatic heterocycles. The molecule has 106 valence electrons. The minimum atomic E-state index is 0.236. The normalized spacial score (nSPS) is 19.6. The molecular weight excluding hydrogens is 278 g/mol. The van der Waals surface area contributed by atoms with Crippen molar-refractivity contribution in [2.75, 3.05) is 25.4 Å². The monoisotopic (exact) mass is 299 g/mol. The summed E-state index contributed by atoms with van der Waals surface area (Å²) in [5.74, 6) is 2.25. The lowest BCUT2D eigenvalue weighted by Gasteiger charge is -2.32. The number of likely N-dealkylation sites (tertiary alicyclic amines) is 1. The van der Waals surface area contributed by atoms with E-state index in [-0.39, 0.29) is 12.5 Å². The lowest BCUT2D eigenvalue weighted by Crippen LogP contribution is -2.41. The van der Waals surface area contributed by atoms with Gasteiger partial charge < -0.3 is 10.0 Å². The largest absolute Gasteiger partial charge is 0.396 e. The number of hydrogen-bond acceptors (Lipinski definition) is 4. The van der Waals surface area contributed by atoms with Crippen molar-refractivity contribution < 1.29 is 9.90 Å². The first-order valence-electron chi connectivity index (χ1n) is 6.78. The van der Waals surface area contributed by atoms with Crippen LogP contribution in [0.3, 0.4) is 0 Å². The van der Waals surface area contributed by atoms with E-state index in [0.29, 0.717) is 11.7 Å². The Bertz CT molecular complexity index is 379. The topological polar surface area (TPSA) is 40.5 Å². The van der Waals surface area contributed by atoms with Crippen molar-refractivity contribution in [1.82, 2.24) is 4.90 Å². The zero-order chi connectivity index (χ0) is 13.5. The molecule has 5 heteroatoms. The molecule has 1 aliphatic rings. The van der Waals surface area contributed by atoms with Gasteiger partial charge in [-0.2, -0.15) is 0 Å². The number of aliphatic hydroxyl groups is 1. The van der Waals surface area contributed by atoms with Gasteiger partial charge in [0.05, 0.1) is 5.75 Å². The summed E-state index contributed by atoms with van der Waals surface area (Å²) in [6.45, 7) is 1.96. The van der Waals surface area contributed by atoms with Gasteiger partial charge in [0, 0.05) is 30.3 Å². The molecule has 1 aromatic rings. The minimum absolute atomic E-state index is 0.236. The molecule has 0 saturated carbocycles. The number of amides is 1. The first-order chi connectivity index (χ1) is 9.29. The number of rotatable bonds is 6. The molecular formula is C14H21NO2S2. The van der Waals surface area contributed by atoms with Crippen molar-refractivity contribution >= 4 is 29.0 Å². The minimum Gasteiger partial charge on any atom is -0.396 e. The van der Waals surface area contributed by atoms with Crippen molar-refractivity contribution in [2.24, 2.45) is 5.92 Å². The summed E-state index contributed by atoms with van der Waals surface area (Å²) in [4.78, 5) is 15.4. The van der Waals surface area contributed by atoms with Crippen molar-refractivity contribution in [3.63, 3.8) is 0 Å². The molecule has 1 fully saturated rings. The second-order valence-corrected chi connectivity index (χ2v) is 6.95. The van der Waals surface area contributed by atoms with Gasteiger partial charge in [-0.3, -0.25) is 4.79 Å². The number of thiophene rings is 1. The van der Waals surface area contributed by atoms with Gasteiger partial charge in [0.1, 0.15) is 0 Å². The van der Waals surface area contributed by atoms with Crippen molar-refractivity contribution in [2.45, 2.75) is 25.0 Å². The molecule has 0 bridgehead atoms. The van der Waals surface area contributed by atoms with Gasteiger partial charge in [0.15, 0.2) is 0 Å². The zero-order valence-corrected chi connectivity index (χ0v) is 12.7. The number of aliphatic hydroxyl groups excluding tert-OH is 1. The standard InChI is InChI=1S/C14H21NO2S2/c16-7-5-12-3-1-6-15(9-12)14(17)11-18-10-13-4-2-8-19-13/h2,4,8,12,16H,1,3,5-7,9-11H2.